The molecule has 1 aromatic carbocycles. The van der Waals surface area contributed by atoms with E-state index >= 15 is 0 Å². The van der Waals surface area contributed by atoms with Crippen LogP contribution in [0.3, 0.4) is 0 Å². The second-order valence-corrected chi connectivity index (χ2v) is 11.3. The van der Waals surface area contributed by atoms with Crippen molar-refractivity contribution in [1.82, 2.24) is 25.1 Å². The maximum absolute atomic E-state index is 12.8. The van der Waals surface area contributed by atoms with Crippen LogP contribution >= 0.6 is 0 Å². The molecule has 13 heteroatoms. The normalized spacial score (nSPS) is 16.9. The molecule has 40 heavy (non-hydrogen) atoms. The molecule has 216 valence electrons. The number of nitro benzene ring substituents is 1. The van der Waals surface area contributed by atoms with Gasteiger partial charge in [0.2, 0.25) is 5.95 Å². The van der Waals surface area contributed by atoms with Gasteiger partial charge in [-0.15, -0.1) is 0 Å². The molecule has 1 aromatic heterocycles. The molecular weight excluding hydrogens is 516 g/mol. The van der Waals surface area contributed by atoms with E-state index in [1.807, 2.05) is 39.6 Å². The molecule has 2 aromatic rings. The lowest BCUT2D eigenvalue weighted by Gasteiger charge is -2.36. The number of piperazine rings is 1. The van der Waals surface area contributed by atoms with Crippen LogP contribution in [0, 0.1) is 17.0 Å². The zero-order valence-corrected chi connectivity index (χ0v) is 23.8. The Bertz CT molecular complexity index is 1250. The number of carbonyl (C=O) groups is 2. The number of nitro groups is 1. The van der Waals surface area contributed by atoms with Gasteiger partial charge in [-0.25, -0.2) is 9.78 Å². The third-order valence-electron chi connectivity index (χ3n) is 6.93. The number of hydrogen-bond acceptors (Lipinski definition) is 10. The van der Waals surface area contributed by atoms with E-state index in [1.54, 1.807) is 17.2 Å². The maximum Gasteiger partial charge on any atom is 0.410 e. The number of piperidine rings is 1. The number of nitrogens with one attached hydrogen (secondary N) is 2. The number of ether oxygens (including phenoxy) is 1. The Balaban J connectivity index is 1.44. The summed E-state index contributed by atoms with van der Waals surface area (Å²) in [6, 6.07) is 4.39. The second kappa shape index (κ2) is 12.0. The van der Waals surface area contributed by atoms with Crippen molar-refractivity contribution in [2.75, 3.05) is 56.5 Å². The van der Waals surface area contributed by atoms with Crippen LogP contribution in [0.25, 0.3) is 0 Å². The predicted molar refractivity (Wildman–Crippen MR) is 151 cm³/mol. The zero-order chi connectivity index (χ0) is 29.0. The maximum atomic E-state index is 12.8. The van der Waals surface area contributed by atoms with E-state index in [2.05, 4.69) is 25.5 Å². The standard InChI is InChI=1S/C27H38N8O5/c1-18-17-28-25(31-23(18)33-12-14-34(15-13-33)26(37)40-27(2,3)4)30-21-7-6-19(16-22(21)35(38)39)24(36)29-20-8-10-32(5)11-9-20/h6-7,16-17,20H,8-15H2,1-5H3,(H,29,36)(H,28,30,31). The highest BCUT2D eigenvalue weighted by atomic mass is 16.6. The molecule has 2 aliphatic rings. The van der Waals surface area contributed by atoms with E-state index in [-0.39, 0.29) is 40.9 Å². The highest BCUT2D eigenvalue weighted by Crippen LogP contribution is 2.29. The lowest BCUT2D eigenvalue weighted by Crippen LogP contribution is -2.50. The third kappa shape index (κ3) is 7.34. The van der Waals surface area contributed by atoms with E-state index in [0.29, 0.717) is 32.0 Å². The average molecular weight is 555 g/mol. The fourth-order valence-electron chi connectivity index (χ4n) is 4.71. The molecule has 2 saturated heterocycles. The van der Waals surface area contributed by atoms with Crippen molar-refractivity contribution in [3.05, 3.63) is 45.6 Å². The number of rotatable bonds is 6. The summed E-state index contributed by atoms with van der Waals surface area (Å²) in [5, 5.41) is 17.8. The van der Waals surface area contributed by atoms with Gasteiger partial charge in [0.15, 0.2) is 0 Å². The van der Waals surface area contributed by atoms with Gasteiger partial charge in [-0.2, -0.15) is 4.98 Å². The Morgan fingerprint density at radius 2 is 1.77 bits per heavy atom. The fourth-order valence-corrected chi connectivity index (χ4v) is 4.71. The van der Waals surface area contributed by atoms with Crippen LogP contribution in [-0.2, 0) is 4.74 Å². The van der Waals surface area contributed by atoms with Crippen LogP contribution in [0.5, 0.6) is 0 Å². The van der Waals surface area contributed by atoms with Gasteiger partial charge in [0, 0.05) is 55.6 Å². The molecule has 0 atom stereocenters. The zero-order valence-electron chi connectivity index (χ0n) is 23.8. The predicted octanol–water partition coefficient (Wildman–Crippen LogP) is 3.32. The van der Waals surface area contributed by atoms with E-state index < -0.39 is 10.5 Å². The van der Waals surface area contributed by atoms with E-state index in [4.69, 9.17) is 4.74 Å². The topological polar surface area (TPSA) is 146 Å². The van der Waals surface area contributed by atoms with Gasteiger partial charge in [-0.05, 0) is 72.8 Å². The minimum atomic E-state index is -0.560. The molecular formula is C27H38N8O5. The molecule has 2 N–H and O–H groups in total. The van der Waals surface area contributed by atoms with E-state index in [1.165, 1.54) is 12.1 Å². The molecule has 0 unspecified atom stereocenters. The lowest BCUT2D eigenvalue weighted by atomic mass is 10.0. The number of anilines is 3. The van der Waals surface area contributed by atoms with Crippen molar-refractivity contribution in [2.24, 2.45) is 0 Å². The van der Waals surface area contributed by atoms with Gasteiger partial charge in [0.1, 0.15) is 17.1 Å². The molecule has 4 rings (SSSR count). The van der Waals surface area contributed by atoms with E-state index in [0.717, 1.165) is 31.5 Å². The molecule has 0 saturated carbocycles. The van der Waals surface area contributed by atoms with Gasteiger partial charge < -0.3 is 30.1 Å². The monoisotopic (exact) mass is 554 g/mol. The van der Waals surface area contributed by atoms with Crippen molar-refractivity contribution >= 4 is 35.1 Å². The molecule has 2 fully saturated rings. The molecule has 0 aliphatic carbocycles. The molecule has 0 spiro atoms. The van der Waals surface area contributed by atoms with Gasteiger partial charge in [0.25, 0.3) is 11.6 Å². The lowest BCUT2D eigenvalue weighted by molar-refractivity contribution is -0.383. The number of benzene rings is 1. The minimum Gasteiger partial charge on any atom is -0.444 e. The van der Waals surface area contributed by atoms with Crippen molar-refractivity contribution < 1.29 is 19.2 Å². The molecule has 0 radical (unpaired) electrons. The first-order valence-corrected chi connectivity index (χ1v) is 13.5. The summed E-state index contributed by atoms with van der Waals surface area (Å²) in [5.41, 5.74) is 0.448. The third-order valence-corrected chi connectivity index (χ3v) is 6.93. The average Bonchev–Trinajstić information content (AvgIpc) is 2.90. The van der Waals surface area contributed by atoms with E-state index in [9.17, 15) is 19.7 Å². The van der Waals surface area contributed by atoms with Crippen LogP contribution < -0.4 is 15.5 Å². The molecule has 0 bridgehead atoms. The van der Waals surface area contributed by atoms with Crippen molar-refractivity contribution in [1.29, 1.82) is 0 Å². The van der Waals surface area contributed by atoms with Crippen LogP contribution in [0.1, 0.15) is 49.5 Å². The SMILES string of the molecule is Cc1cnc(Nc2ccc(C(=O)NC3CCN(C)CC3)cc2[N+](=O)[O-])nc1N1CCN(C(=O)OC(C)(C)C)CC1. The Morgan fingerprint density at radius 3 is 2.40 bits per heavy atom. The molecule has 13 nitrogen and oxygen atoms in total. The minimum absolute atomic E-state index is 0.0472. The van der Waals surface area contributed by atoms with Crippen LogP contribution in [0.15, 0.2) is 24.4 Å². The first kappa shape index (κ1) is 29.0. The molecule has 2 aliphatic heterocycles. The smallest absolute Gasteiger partial charge is 0.410 e. The van der Waals surface area contributed by atoms with Crippen LogP contribution in [-0.4, -0.2) is 94.7 Å². The summed E-state index contributed by atoms with van der Waals surface area (Å²) < 4.78 is 5.47. The summed E-state index contributed by atoms with van der Waals surface area (Å²) in [6.07, 6.45) is 2.99. The number of aryl methyl sites for hydroxylation is 1. The van der Waals surface area contributed by atoms with Gasteiger partial charge in [0.05, 0.1) is 4.92 Å². The Morgan fingerprint density at radius 1 is 1.10 bits per heavy atom. The summed E-state index contributed by atoms with van der Waals surface area (Å²) in [5.74, 6) is 0.545. The van der Waals surface area contributed by atoms with Gasteiger partial charge in [-0.1, -0.05) is 0 Å². The first-order valence-electron chi connectivity index (χ1n) is 13.5. The Labute approximate surface area is 234 Å². The summed E-state index contributed by atoms with van der Waals surface area (Å²) in [6.45, 7) is 11.3. The summed E-state index contributed by atoms with van der Waals surface area (Å²) >= 11 is 0. The number of nitrogens with zero attached hydrogens (tertiary/aromatic N) is 6. The summed E-state index contributed by atoms with van der Waals surface area (Å²) in [7, 11) is 2.04. The number of hydrogen-bond donors (Lipinski definition) is 2. The number of likely N-dealkylation sites (tertiary alicyclic amines) is 1. The Kier molecular flexibility index (Phi) is 8.72. The van der Waals surface area contributed by atoms with Crippen LogP contribution in [0.2, 0.25) is 0 Å². The Hall–Kier alpha value is -4.00. The molecule has 2 amide bonds. The first-order chi connectivity index (χ1) is 18.9. The van der Waals surface area contributed by atoms with Gasteiger partial charge in [-0.3, -0.25) is 14.9 Å². The molecule has 3 heterocycles. The quantitative estimate of drug-likeness (QED) is 0.403. The van der Waals surface area contributed by atoms with Crippen LogP contribution in [0.4, 0.5) is 27.9 Å². The largest absolute Gasteiger partial charge is 0.444 e. The fraction of sp³-hybridized carbons (Fsp3) is 0.556. The number of aromatic nitrogens is 2. The highest BCUT2D eigenvalue weighted by molar-refractivity contribution is 5.96. The number of amides is 2. The highest BCUT2D eigenvalue weighted by Gasteiger charge is 2.28. The van der Waals surface area contributed by atoms with Crippen molar-refractivity contribution in [3.8, 4) is 0 Å². The summed E-state index contributed by atoms with van der Waals surface area (Å²) in [4.78, 5) is 51.4. The van der Waals surface area contributed by atoms with Gasteiger partial charge >= 0.3 is 6.09 Å². The number of carbonyl (C=O) groups excluding carboxylic acids is 2. The van der Waals surface area contributed by atoms with Crippen molar-refractivity contribution in [2.45, 2.75) is 52.2 Å². The second-order valence-electron chi connectivity index (χ2n) is 11.3. The van der Waals surface area contributed by atoms with Crippen molar-refractivity contribution in [3.63, 3.8) is 0 Å².